The Morgan fingerprint density at radius 2 is 1.71 bits per heavy atom. The van der Waals surface area contributed by atoms with Gasteiger partial charge in [0.25, 0.3) is 0 Å². The average Bonchev–Trinajstić information content (AvgIpc) is 2.47. The van der Waals surface area contributed by atoms with Crippen LogP contribution in [-0.2, 0) is 0 Å². The first-order chi connectivity index (χ1) is 10.2. The Kier molecular flexibility index (Phi) is 3.62. The fourth-order valence-corrected chi connectivity index (χ4v) is 2.54. The van der Waals surface area contributed by atoms with E-state index in [1.165, 1.54) is 12.1 Å². The van der Waals surface area contributed by atoms with Gasteiger partial charge in [-0.3, -0.25) is 4.98 Å². The molecule has 0 radical (unpaired) electrons. The summed E-state index contributed by atoms with van der Waals surface area (Å²) in [5, 5.41) is 4.09. The lowest BCUT2D eigenvalue weighted by Gasteiger charge is -2.18. The minimum absolute atomic E-state index is 0.278. The number of hydrogen-bond donors (Lipinski definition) is 1. The number of aromatic nitrogens is 1. The number of nitrogens with one attached hydrogen (secondary N) is 1. The molecule has 2 nitrogen and oxygen atoms in total. The van der Waals surface area contributed by atoms with E-state index in [0.717, 1.165) is 22.5 Å². The summed E-state index contributed by atoms with van der Waals surface area (Å²) in [6, 6.07) is 12.9. The minimum Gasteiger partial charge on any atom is -0.309 e. The van der Waals surface area contributed by atoms with Crippen LogP contribution in [0.15, 0.2) is 54.7 Å². The second-order valence-electron chi connectivity index (χ2n) is 4.88. The molecule has 21 heavy (non-hydrogen) atoms. The van der Waals surface area contributed by atoms with E-state index in [-0.39, 0.29) is 6.04 Å². The van der Waals surface area contributed by atoms with Crippen LogP contribution in [0, 0.1) is 11.6 Å². The molecule has 3 aromatic rings. The van der Waals surface area contributed by atoms with Gasteiger partial charge in [0, 0.05) is 17.6 Å². The highest BCUT2D eigenvalue weighted by atomic mass is 19.1. The van der Waals surface area contributed by atoms with Crippen molar-refractivity contribution in [2.75, 3.05) is 7.05 Å². The molecule has 1 N–H and O–H groups in total. The fourth-order valence-electron chi connectivity index (χ4n) is 2.54. The van der Waals surface area contributed by atoms with E-state index >= 15 is 0 Å². The number of fused-ring (bicyclic) bond motifs is 1. The standard InChI is InChI=1S/C17H14F2N2/c1-20-17(13-8-14(18)10-15(19)9-13)12-4-5-16-11(7-12)3-2-6-21-16/h2-10,17,20H,1H3. The van der Waals surface area contributed by atoms with Crippen molar-refractivity contribution in [2.45, 2.75) is 6.04 Å². The third-order valence-corrected chi connectivity index (χ3v) is 3.47. The average molecular weight is 284 g/mol. The smallest absolute Gasteiger partial charge is 0.126 e. The molecule has 106 valence electrons. The molecule has 4 heteroatoms. The second-order valence-corrected chi connectivity index (χ2v) is 4.88. The molecule has 0 saturated heterocycles. The number of hydrogen-bond acceptors (Lipinski definition) is 2. The minimum atomic E-state index is -0.576. The molecule has 3 rings (SSSR count). The predicted octanol–water partition coefficient (Wildman–Crippen LogP) is 3.82. The number of benzene rings is 2. The monoisotopic (exact) mass is 284 g/mol. The topological polar surface area (TPSA) is 24.9 Å². The van der Waals surface area contributed by atoms with Gasteiger partial charge in [-0.25, -0.2) is 8.78 Å². The molecule has 1 heterocycles. The van der Waals surface area contributed by atoms with Crippen LogP contribution in [-0.4, -0.2) is 12.0 Å². The van der Waals surface area contributed by atoms with Crippen LogP contribution in [0.1, 0.15) is 17.2 Å². The van der Waals surface area contributed by atoms with Crippen LogP contribution >= 0.6 is 0 Å². The summed E-state index contributed by atoms with van der Waals surface area (Å²) < 4.78 is 26.8. The summed E-state index contributed by atoms with van der Waals surface area (Å²) in [6.45, 7) is 0. The van der Waals surface area contributed by atoms with Gasteiger partial charge >= 0.3 is 0 Å². The van der Waals surface area contributed by atoms with Crippen molar-refractivity contribution < 1.29 is 8.78 Å². The van der Waals surface area contributed by atoms with Gasteiger partial charge in [-0.2, -0.15) is 0 Å². The van der Waals surface area contributed by atoms with Gasteiger partial charge in [0.15, 0.2) is 0 Å². The molecule has 0 aliphatic heterocycles. The molecule has 0 saturated carbocycles. The first-order valence-electron chi connectivity index (χ1n) is 6.65. The summed E-state index contributed by atoms with van der Waals surface area (Å²) in [5.74, 6) is -1.15. The Morgan fingerprint density at radius 3 is 2.43 bits per heavy atom. The number of nitrogens with zero attached hydrogens (tertiary/aromatic N) is 1. The molecule has 1 atom stereocenters. The largest absolute Gasteiger partial charge is 0.309 e. The van der Waals surface area contributed by atoms with Crippen LogP contribution in [0.4, 0.5) is 8.78 Å². The van der Waals surface area contributed by atoms with E-state index in [0.29, 0.717) is 5.56 Å². The highest BCUT2D eigenvalue weighted by molar-refractivity contribution is 5.79. The summed E-state index contributed by atoms with van der Waals surface area (Å²) in [4.78, 5) is 4.27. The first-order valence-corrected chi connectivity index (χ1v) is 6.65. The first kappa shape index (κ1) is 13.6. The molecule has 1 unspecified atom stereocenters. The molecule has 0 spiro atoms. The summed E-state index contributed by atoms with van der Waals surface area (Å²) in [5.41, 5.74) is 2.38. The van der Waals surface area contributed by atoms with Gasteiger partial charge in [-0.05, 0) is 48.5 Å². The predicted molar refractivity (Wildman–Crippen MR) is 79.0 cm³/mol. The zero-order chi connectivity index (χ0) is 14.8. The van der Waals surface area contributed by atoms with E-state index in [1.807, 2.05) is 30.3 Å². The molecule has 0 fully saturated rings. The third kappa shape index (κ3) is 2.76. The molecule has 0 amide bonds. The van der Waals surface area contributed by atoms with Gasteiger partial charge in [0.1, 0.15) is 11.6 Å². The SMILES string of the molecule is CNC(c1cc(F)cc(F)c1)c1ccc2ncccc2c1. The normalized spacial score (nSPS) is 12.5. The maximum absolute atomic E-state index is 13.4. The Morgan fingerprint density at radius 1 is 0.952 bits per heavy atom. The Bertz CT molecular complexity index is 766. The number of pyridine rings is 1. The molecular weight excluding hydrogens is 270 g/mol. The quantitative estimate of drug-likeness (QED) is 0.791. The Labute approximate surface area is 121 Å². The Hall–Kier alpha value is -2.33. The van der Waals surface area contributed by atoms with Crippen LogP contribution in [0.3, 0.4) is 0 Å². The highest BCUT2D eigenvalue weighted by Crippen LogP contribution is 2.25. The Balaban J connectivity index is 2.08. The fraction of sp³-hybridized carbons (Fsp3) is 0.118. The molecular formula is C17H14F2N2. The van der Waals surface area contributed by atoms with Crippen molar-refractivity contribution in [2.24, 2.45) is 0 Å². The van der Waals surface area contributed by atoms with Crippen LogP contribution < -0.4 is 5.32 Å². The van der Waals surface area contributed by atoms with Gasteiger partial charge in [-0.15, -0.1) is 0 Å². The summed E-state index contributed by atoms with van der Waals surface area (Å²) in [6.07, 6.45) is 1.74. The van der Waals surface area contributed by atoms with Gasteiger partial charge in [-0.1, -0.05) is 12.1 Å². The van der Waals surface area contributed by atoms with Gasteiger partial charge < -0.3 is 5.32 Å². The molecule has 0 bridgehead atoms. The van der Waals surface area contributed by atoms with Gasteiger partial charge in [0.2, 0.25) is 0 Å². The van der Waals surface area contributed by atoms with Crippen molar-refractivity contribution in [3.63, 3.8) is 0 Å². The van der Waals surface area contributed by atoms with E-state index in [9.17, 15) is 8.78 Å². The highest BCUT2D eigenvalue weighted by Gasteiger charge is 2.14. The van der Waals surface area contributed by atoms with Crippen molar-refractivity contribution in [1.29, 1.82) is 0 Å². The zero-order valence-corrected chi connectivity index (χ0v) is 11.5. The number of halogens is 2. The maximum Gasteiger partial charge on any atom is 0.126 e. The third-order valence-electron chi connectivity index (χ3n) is 3.47. The molecule has 0 aliphatic rings. The lowest BCUT2D eigenvalue weighted by Crippen LogP contribution is -2.18. The second kappa shape index (κ2) is 5.58. The summed E-state index contributed by atoms with van der Waals surface area (Å²) >= 11 is 0. The zero-order valence-electron chi connectivity index (χ0n) is 11.5. The van der Waals surface area contributed by atoms with Crippen molar-refractivity contribution in [3.05, 3.63) is 77.5 Å². The molecule has 2 aromatic carbocycles. The van der Waals surface area contributed by atoms with Gasteiger partial charge in [0.05, 0.1) is 11.6 Å². The van der Waals surface area contributed by atoms with Crippen molar-refractivity contribution in [1.82, 2.24) is 10.3 Å². The molecule has 1 aromatic heterocycles. The lowest BCUT2D eigenvalue weighted by molar-refractivity contribution is 0.572. The van der Waals surface area contributed by atoms with Crippen LogP contribution in [0.5, 0.6) is 0 Å². The van der Waals surface area contributed by atoms with E-state index in [2.05, 4.69) is 10.3 Å². The maximum atomic E-state index is 13.4. The van der Waals surface area contributed by atoms with Crippen LogP contribution in [0.2, 0.25) is 0 Å². The lowest BCUT2D eigenvalue weighted by atomic mass is 9.97. The van der Waals surface area contributed by atoms with E-state index < -0.39 is 11.6 Å². The molecule has 0 aliphatic carbocycles. The van der Waals surface area contributed by atoms with E-state index in [4.69, 9.17) is 0 Å². The van der Waals surface area contributed by atoms with E-state index in [1.54, 1.807) is 13.2 Å². The van der Waals surface area contributed by atoms with Crippen LogP contribution in [0.25, 0.3) is 10.9 Å². The van der Waals surface area contributed by atoms with Crippen molar-refractivity contribution >= 4 is 10.9 Å². The number of rotatable bonds is 3. The summed E-state index contributed by atoms with van der Waals surface area (Å²) in [7, 11) is 1.76. The van der Waals surface area contributed by atoms with Crippen molar-refractivity contribution in [3.8, 4) is 0 Å².